The molecule has 1 saturated heterocycles. The number of hydrogen-bond donors (Lipinski definition) is 0. The average Bonchev–Trinajstić information content (AvgIpc) is 3.58. The first kappa shape index (κ1) is 26.6. The van der Waals surface area contributed by atoms with E-state index < -0.39 is 5.79 Å². The second-order valence-electron chi connectivity index (χ2n) is 11.3. The molecule has 0 N–H and O–H groups in total. The fraction of sp³-hybridized carbons (Fsp3) is 0.613. The minimum atomic E-state index is -0.426. The molecule has 0 amide bonds. The van der Waals surface area contributed by atoms with E-state index in [4.69, 9.17) is 14.2 Å². The molecule has 1 aliphatic heterocycles. The van der Waals surface area contributed by atoms with Crippen molar-refractivity contribution in [3.8, 4) is 10.4 Å². The lowest BCUT2D eigenvalue weighted by atomic mass is 9.72. The van der Waals surface area contributed by atoms with Crippen molar-refractivity contribution in [1.29, 1.82) is 0 Å². The zero-order chi connectivity index (χ0) is 25.8. The number of thiophene rings is 1. The second-order valence-corrected chi connectivity index (χ2v) is 12.3. The summed E-state index contributed by atoms with van der Waals surface area (Å²) >= 11 is 1.51. The molecule has 1 spiro atoms. The largest absolute Gasteiger partial charge is 0.465 e. The van der Waals surface area contributed by atoms with E-state index in [1.165, 1.54) is 18.4 Å². The Morgan fingerprint density at radius 3 is 2.35 bits per heavy atom. The molecule has 1 aromatic carbocycles. The van der Waals surface area contributed by atoms with Gasteiger partial charge >= 0.3 is 5.97 Å². The number of carbonyl (C=O) groups excluding carboxylic acids is 2. The van der Waals surface area contributed by atoms with E-state index in [-0.39, 0.29) is 17.8 Å². The quantitative estimate of drug-likeness (QED) is 0.337. The number of Topliss-reactive ketones (excluding diaryl/α,β-unsaturated/α-hetero) is 1. The van der Waals surface area contributed by atoms with Crippen molar-refractivity contribution in [1.82, 2.24) is 0 Å². The summed E-state index contributed by atoms with van der Waals surface area (Å²) in [6, 6.07) is 12.4. The number of carbonyl (C=O) groups is 2. The molecule has 0 radical (unpaired) electrons. The first-order valence-corrected chi connectivity index (χ1v) is 14.9. The van der Waals surface area contributed by atoms with Gasteiger partial charge < -0.3 is 14.2 Å². The third-order valence-corrected chi connectivity index (χ3v) is 10.1. The molecule has 6 heteroatoms. The number of rotatable bonds is 8. The van der Waals surface area contributed by atoms with Gasteiger partial charge in [0.05, 0.1) is 20.3 Å². The molecule has 5 rings (SSSR count). The summed E-state index contributed by atoms with van der Waals surface area (Å²) in [4.78, 5) is 28.0. The number of ether oxygens (including phenoxy) is 3. The van der Waals surface area contributed by atoms with Crippen LogP contribution >= 0.6 is 11.3 Å². The van der Waals surface area contributed by atoms with Crippen LogP contribution in [0.4, 0.5) is 0 Å². The Labute approximate surface area is 224 Å². The SMILES string of the molecule is COC(=O)c1sc(-c2ccccc2)cc1C(CCC(=O)C1CCC(C)CC1)C1CCC2(CC1)OCCO2. The van der Waals surface area contributed by atoms with Crippen molar-refractivity contribution in [3.63, 3.8) is 0 Å². The monoisotopic (exact) mass is 524 g/mol. The maximum Gasteiger partial charge on any atom is 0.348 e. The van der Waals surface area contributed by atoms with E-state index in [0.717, 1.165) is 79.7 Å². The van der Waals surface area contributed by atoms with Gasteiger partial charge in [0.25, 0.3) is 0 Å². The van der Waals surface area contributed by atoms with Crippen LogP contribution in [-0.4, -0.2) is 37.9 Å². The fourth-order valence-corrected chi connectivity index (χ4v) is 7.83. The third-order valence-electron chi connectivity index (χ3n) is 8.94. The van der Waals surface area contributed by atoms with Gasteiger partial charge in [0.15, 0.2) is 5.79 Å². The summed E-state index contributed by atoms with van der Waals surface area (Å²) in [5.41, 5.74) is 2.15. The standard InChI is InChI=1S/C31H40O5S/c1-21-8-10-23(11-9-21)27(32)13-12-25(22-14-16-31(17-15-22)35-18-19-36-31)26-20-28(24-6-4-3-5-7-24)37-29(26)30(33)34-2/h3-7,20-23,25H,8-19H2,1-2H3. The Hall–Kier alpha value is -2.02. The number of benzene rings is 1. The molecule has 1 aromatic heterocycles. The smallest absolute Gasteiger partial charge is 0.348 e. The molecular formula is C31H40O5S. The maximum absolute atomic E-state index is 13.3. The Balaban J connectivity index is 1.41. The van der Waals surface area contributed by atoms with E-state index in [1.807, 2.05) is 18.2 Å². The van der Waals surface area contributed by atoms with Gasteiger partial charge in [-0.15, -0.1) is 11.3 Å². The third kappa shape index (κ3) is 6.02. The van der Waals surface area contributed by atoms with Crippen LogP contribution in [0.1, 0.15) is 92.3 Å². The number of hydrogen-bond acceptors (Lipinski definition) is 6. The highest BCUT2D eigenvalue weighted by Gasteiger charge is 2.43. The van der Waals surface area contributed by atoms with Gasteiger partial charge in [-0.3, -0.25) is 4.79 Å². The lowest BCUT2D eigenvalue weighted by Crippen LogP contribution is -2.36. The maximum atomic E-state index is 13.3. The van der Waals surface area contributed by atoms with Crippen LogP contribution in [0.25, 0.3) is 10.4 Å². The molecule has 200 valence electrons. The van der Waals surface area contributed by atoms with Crippen molar-refractivity contribution in [2.75, 3.05) is 20.3 Å². The van der Waals surface area contributed by atoms with Gasteiger partial charge in [0.2, 0.25) is 0 Å². The molecule has 0 bridgehead atoms. The minimum absolute atomic E-state index is 0.132. The molecule has 2 aliphatic carbocycles. The highest BCUT2D eigenvalue weighted by Crippen LogP contribution is 2.48. The Morgan fingerprint density at radius 2 is 1.70 bits per heavy atom. The molecule has 3 aliphatic rings. The first-order valence-electron chi connectivity index (χ1n) is 14.1. The number of methoxy groups -OCH3 is 1. The zero-order valence-corrected chi connectivity index (χ0v) is 23.0. The summed E-state index contributed by atoms with van der Waals surface area (Å²) in [7, 11) is 1.45. The van der Waals surface area contributed by atoms with Crippen molar-refractivity contribution >= 4 is 23.1 Å². The van der Waals surface area contributed by atoms with Crippen LogP contribution in [0.2, 0.25) is 0 Å². The van der Waals surface area contributed by atoms with Gasteiger partial charge in [-0.05, 0) is 67.1 Å². The van der Waals surface area contributed by atoms with Crippen molar-refractivity contribution < 1.29 is 23.8 Å². The lowest BCUT2D eigenvalue weighted by molar-refractivity contribution is -0.183. The predicted octanol–water partition coefficient (Wildman–Crippen LogP) is 7.39. The molecule has 2 heterocycles. The highest BCUT2D eigenvalue weighted by atomic mass is 32.1. The molecule has 5 nitrogen and oxygen atoms in total. The van der Waals surface area contributed by atoms with Gasteiger partial charge in [0.1, 0.15) is 10.7 Å². The Morgan fingerprint density at radius 1 is 1.03 bits per heavy atom. The van der Waals surface area contributed by atoms with Gasteiger partial charge in [0, 0.05) is 30.1 Å². The first-order chi connectivity index (χ1) is 18.0. The molecular weight excluding hydrogens is 484 g/mol. The summed E-state index contributed by atoms with van der Waals surface area (Å²) in [5, 5.41) is 0. The van der Waals surface area contributed by atoms with Gasteiger partial charge in [-0.1, -0.05) is 50.1 Å². The van der Waals surface area contributed by atoms with E-state index in [2.05, 4.69) is 25.1 Å². The topological polar surface area (TPSA) is 61.8 Å². The average molecular weight is 525 g/mol. The zero-order valence-electron chi connectivity index (χ0n) is 22.2. The summed E-state index contributed by atoms with van der Waals surface area (Å²) in [5.74, 6) is 1.14. The second kappa shape index (κ2) is 11.8. The van der Waals surface area contributed by atoms with Crippen molar-refractivity contribution in [2.45, 2.75) is 82.8 Å². The minimum Gasteiger partial charge on any atom is -0.465 e. The highest BCUT2D eigenvalue weighted by molar-refractivity contribution is 7.17. The van der Waals surface area contributed by atoms with E-state index in [0.29, 0.717) is 36.2 Å². The van der Waals surface area contributed by atoms with E-state index in [9.17, 15) is 9.59 Å². The van der Waals surface area contributed by atoms with Crippen molar-refractivity contribution in [2.24, 2.45) is 17.8 Å². The van der Waals surface area contributed by atoms with Crippen LogP contribution in [-0.2, 0) is 19.0 Å². The summed E-state index contributed by atoms with van der Waals surface area (Å²) < 4.78 is 17.2. The molecule has 3 fully saturated rings. The van der Waals surface area contributed by atoms with E-state index in [1.54, 1.807) is 0 Å². The van der Waals surface area contributed by atoms with Crippen LogP contribution in [0.15, 0.2) is 36.4 Å². The van der Waals surface area contributed by atoms with E-state index >= 15 is 0 Å². The summed E-state index contributed by atoms with van der Waals surface area (Å²) in [6.07, 6.45) is 9.38. The molecule has 2 aromatic rings. The number of ketones is 1. The van der Waals surface area contributed by atoms with Gasteiger partial charge in [-0.25, -0.2) is 4.79 Å². The normalized spacial score (nSPS) is 24.7. The van der Waals surface area contributed by atoms with Crippen LogP contribution < -0.4 is 0 Å². The Bertz CT molecular complexity index is 1050. The molecule has 1 atom stereocenters. The lowest BCUT2D eigenvalue weighted by Gasteiger charge is -2.39. The number of esters is 1. The van der Waals surface area contributed by atoms with Gasteiger partial charge in [-0.2, -0.15) is 0 Å². The summed E-state index contributed by atoms with van der Waals surface area (Å²) in [6.45, 7) is 3.62. The molecule has 37 heavy (non-hydrogen) atoms. The van der Waals surface area contributed by atoms with Crippen LogP contribution in [0.5, 0.6) is 0 Å². The predicted molar refractivity (Wildman–Crippen MR) is 146 cm³/mol. The molecule has 1 unspecified atom stereocenters. The fourth-order valence-electron chi connectivity index (χ4n) is 6.67. The van der Waals surface area contributed by atoms with Crippen molar-refractivity contribution in [3.05, 3.63) is 46.8 Å². The Kier molecular flexibility index (Phi) is 8.47. The van der Waals surface area contributed by atoms with Crippen LogP contribution in [0, 0.1) is 17.8 Å². The van der Waals surface area contributed by atoms with Crippen LogP contribution in [0.3, 0.4) is 0 Å². The molecule has 2 saturated carbocycles.